The molecule has 0 bridgehead atoms. The average molecular weight is 304 g/mol. The van der Waals surface area contributed by atoms with Crippen LogP contribution in [0.25, 0.3) is 0 Å². The third-order valence-electron chi connectivity index (χ3n) is 2.80. The van der Waals surface area contributed by atoms with Gasteiger partial charge in [-0.25, -0.2) is 0 Å². The highest BCUT2D eigenvalue weighted by Gasteiger charge is 2.34. The molecule has 0 atom stereocenters. The molecule has 0 saturated heterocycles. The molecule has 0 radical (unpaired) electrons. The molecule has 0 unspecified atom stereocenters. The first-order chi connectivity index (χ1) is 9.41. The van der Waals surface area contributed by atoms with Gasteiger partial charge in [0.2, 0.25) is 0 Å². The van der Waals surface area contributed by atoms with E-state index in [-0.39, 0.29) is 17.3 Å². The van der Waals surface area contributed by atoms with E-state index in [1.165, 1.54) is 12.1 Å². The minimum absolute atomic E-state index is 0.0442. The zero-order chi connectivity index (χ0) is 14.8. The lowest BCUT2D eigenvalue weighted by molar-refractivity contribution is -0.136. The van der Waals surface area contributed by atoms with Crippen LogP contribution >= 0.6 is 11.6 Å². The smallest absolute Gasteiger partial charge is 0.379 e. The minimum Gasteiger partial charge on any atom is -0.379 e. The lowest BCUT2D eigenvalue weighted by Crippen LogP contribution is -2.11. The number of aryl methyl sites for hydroxylation is 1. The van der Waals surface area contributed by atoms with E-state index in [0.29, 0.717) is 6.54 Å². The number of nitrogens with one attached hydrogen (secondary N) is 1. The van der Waals surface area contributed by atoms with Crippen molar-refractivity contribution in [1.29, 1.82) is 0 Å². The molecule has 2 rings (SSSR count). The average Bonchev–Trinajstić information content (AvgIpc) is 2.84. The van der Waals surface area contributed by atoms with Gasteiger partial charge in [0.05, 0.1) is 22.5 Å². The third-order valence-corrected chi connectivity index (χ3v) is 3.11. The van der Waals surface area contributed by atoms with E-state index in [0.717, 1.165) is 11.6 Å². The number of alkyl halides is 3. The molecule has 0 saturated carbocycles. The topological polar surface area (TPSA) is 29.9 Å². The molecule has 7 heteroatoms. The first-order valence-corrected chi connectivity index (χ1v) is 6.40. The molecule has 3 nitrogen and oxygen atoms in total. The Bertz CT molecular complexity index is 593. The molecule has 1 heterocycles. The zero-order valence-electron chi connectivity index (χ0n) is 10.7. The summed E-state index contributed by atoms with van der Waals surface area (Å²) < 4.78 is 40.4. The van der Waals surface area contributed by atoms with Crippen LogP contribution in [0.1, 0.15) is 18.1 Å². The number of anilines is 1. The minimum atomic E-state index is -4.44. The predicted molar refractivity (Wildman–Crippen MR) is 71.7 cm³/mol. The van der Waals surface area contributed by atoms with E-state index in [1.807, 2.05) is 6.92 Å². The molecule has 0 aliphatic heterocycles. The molecule has 0 aliphatic carbocycles. The Balaban J connectivity index is 2.20. The summed E-state index contributed by atoms with van der Waals surface area (Å²) >= 11 is 5.85. The van der Waals surface area contributed by atoms with Crippen LogP contribution in [0.4, 0.5) is 18.9 Å². The van der Waals surface area contributed by atoms with Crippen LogP contribution in [0.2, 0.25) is 5.02 Å². The summed E-state index contributed by atoms with van der Waals surface area (Å²) in [5, 5.41) is 6.84. The number of nitrogens with zero attached hydrogens (tertiary/aromatic N) is 2. The van der Waals surface area contributed by atoms with E-state index >= 15 is 0 Å². The maximum Gasteiger partial charge on any atom is 0.418 e. The Morgan fingerprint density at radius 2 is 2.10 bits per heavy atom. The van der Waals surface area contributed by atoms with Gasteiger partial charge < -0.3 is 5.32 Å². The van der Waals surface area contributed by atoms with Crippen molar-refractivity contribution >= 4 is 17.3 Å². The van der Waals surface area contributed by atoms with Crippen molar-refractivity contribution < 1.29 is 13.2 Å². The van der Waals surface area contributed by atoms with Crippen LogP contribution in [-0.2, 0) is 19.3 Å². The van der Waals surface area contributed by atoms with Gasteiger partial charge in [-0.1, -0.05) is 17.7 Å². The van der Waals surface area contributed by atoms with E-state index in [2.05, 4.69) is 10.4 Å². The fourth-order valence-electron chi connectivity index (χ4n) is 1.80. The van der Waals surface area contributed by atoms with Crippen LogP contribution in [-0.4, -0.2) is 9.78 Å². The number of hydrogen-bond acceptors (Lipinski definition) is 2. The van der Waals surface area contributed by atoms with Crippen LogP contribution < -0.4 is 5.32 Å². The number of hydrogen-bond donors (Lipinski definition) is 1. The van der Waals surface area contributed by atoms with Gasteiger partial charge in [0.1, 0.15) is 0 Å². The Morgan fingerprint density at radius 1 is 1.35 bits per heavy atom. The van der Waals surface area contributed by atoms with Gasteiger partial charge in [-0.15, -0.1) is 0 Å². The molecule has 0 spiro atoms. The second-order valence-electron chi connectivity index (χ2n) is 4.22. The Hall–Kier alpha value is -1.69. The van der Waals surface area contributed by atoms with Crippen molar-refractivity contribution in [2.24, 2.45) is 0 Å². The Labute approximate surface area is 119 Å². The molecular weight excluding hydrogens is 291 g/mol. The summed E-state index contributed by atoms with van der Waals surface area (Å²) in [5.41, 5.74) is -0.0845. The summed E-state index contributed by atoms with van der Waals surface area (Å²) in [6, 6.07) is 3.71. The number of aromatic nitrogens is 2. The van der Waals surface area contributed by atoms with Gasteiger partial charge in [-0.2, -0.15) is 18.3 Å². The monoisotopic (exact) mass is 303 g/mol. The lowest BCUT2D eigenvalue weighted by Gasteiger charge is -2.15. The van der Waals surface area contributed by atoms with Crippen LogP contribution in [0, 0.1) is 0 Å². The quantitative estimate of drug-likeness (QED) is 0.918. The molecule has 1 N–H and O–H groups in total. The van der Waals surface area contributed by atoms with Gasteiger partial charge in [0.15, 0.2) is 0 Å². The first kappa shape index (κ1) is 14.7. The first-order valence-electron chi connectivity index (χ1n) is 6.02. The highest BCUT2D eigenvalue weighted by molar-refractivity contribution is 6.33. The highest BCUT2D eigenvalue weighted by atomic mass is 35.5. The van der Waals surface area contributed by atoms with E-state index < -0.39 is 11.7 Å². The summed E-state index contributed by atoms with van der Waals surface area (Å²) in [4.78, 5) is 0. The van der Waals surface area contributed by atoms with Crippen molar-refractivity contribution in [2.45, 2.75) is 26.2 Å². The van der Waals surface area contributed by atoms with Crippen LogP contribution in [0.15, 0.2) is 30.6 Å². The largest absolute Gasteiger partial charge is 0.418 e. The van der Waals surface area contributed by atoms with Gasteiger partial charge in [0, 0.05) is 24.8 Å². The summed E-state index contributed by atoms with van der Waals surface area (Å²) in [6.07, 6.45) is -1.06. The van der Waals surface area contributed by atoms with Gasteiger partial charge in [0.25, 0.3) is 0 Å². The number of rotatable bonds is 4. The molecule has 1 aromatic heterocycles. The molecule has 108 valence electrons. The number of halogens is 4. The van der Waals surface area contributed by atoms with E-state index in [9.17, 15) is 13.2 Å². The van der Waals surface area contributed by atoms with Crippen molar-refractivity contribution in [3.05, 3.63) is 46.7 Å². The molecule has 2 aromatic rings. The standard InChI is InChI=1S/C13H13ClF3N3/c1-2-20-8-9(7-19-20)6-18-12-10(13(15,16)17)4-3-5-11(12)14/h3-5,7-8,18H,2,6H2,1H3. The van der Waals surface area contributed by atoms with Gasteiger partial charge in [-0.3, -0.25) is 4.68 Å². The lowest BCUT2D eigenvalue weighted by atomic mass is 10.1. The maximum absolute atomic E-state index is 12.9. The summed E-state index contributed by atoms with van der Waals surface area (Å²) in [6.45, 7) is 2.87. The zero-order valence-corrected chi connectivity index (χ0v) is 11.5. The van der Waals surface area contributed by atoms with Gasteiger partial charge in [-0.05, 0) is 19.1 Å². The molecule has 0 amide bonds. The second-order valence-corrected chi connectivity index (χ2v) is 4.63. The normalized spacial score (nSPS) is 11.7. The highest BCUT2D eigenvalue weighted by Crippen LogP contribution is 2.38. The van der Waals surface area contributed by atoms with E-state index in [1.54, 1.807) is 17.1 Å². The Kier molecular flexibility index (Phi) is 4.23. The fourth-order valence-corrected chi connectivity index (χ4v) is 2.04. The molecule has 0 fully saturated rings. The third kappa shape index (κ3) is 3.25. The fraction of sp³-hybridized carbons (Fsp3) is 0.308. The predicted octanol–water partition coefficient (Wildman–Crippen LogP) is 4.19. The van der Waals surface area contributed by atoms with Crippen molar-refractivity contribution in [3.8, 4) is 0 Å². The van der Waals surface area contributed by atoms with Crippen LogP contribution in [0.5, 0.6) is 0 Å². The van der Waals surface area contributed by atoms with Gasteiger partial charge >= 0.3 is 6.18 Å². The number of benzene rings is 1. The Morgan fingerprint density at radius 3 is 2.70 bits per heavy atom. The summed E-state index contributed by atoms with van der Waals surface area (Å²) in [5.74, 6) is 0. The summed E-state index contributed by atoms with van der Waals surface area (Å²) in [7, 11) is 0. The maximum atomic E-state index is 12.9. The van der Waals surface area contributed by atoms with Crippen molar-refractivity contribution in [2.75, 3.05) is 5.32 Å². The molecule has 0 aliphatic rings. The number of para-hydroxylation sites is 1. The second kappa shape index (κ2) is 5.75. The van der Waals surface area contributed by atoms with Crippen molar-refractivity contribution in [3.63, 3.8) is 0 Å². The molecule has 1 aromatic carbocycles. The van der Waals surface area contributed by atoms with E-state index in [4.69, 9.17) is 11.6 Å². The van der Waals surface area contributed by atoms with Crippen LogP contribution in [0.3, 0.4) is 0 Å². The SMILES string of the molecule is CCn1cc(CNc2c(Cl)cccc2C(F)(F)F)cn1. The molecular formula is C13H13ClF3N3. The van der Waals surface area contributed by atoms with Crippen molar-refractivity contribution in [1.82, 2.24) is 9.78 Å². The molecule has 20 heavy (non-hydrogen) atoms.